The molecule has 0 saturated carbocycles. The highest BCUT2D eigenvalue weighted by Crippen LogP contribution is 2.29. The lowest BCUT2D eigenvalue weighted by molar-refractivity contribution is 0.0706. The molecule has 1 aromatic heterocycles. The molecule has 1 atom stereocenters. The van der Waals surface area contributed by atoms with Gasteiger partial charge < -0.3 is 4.90 Å². The molecule has 1 amide bonds. The van der Waals surface area contributed by atoms with Gasteiger partial charge in [0.2, 0.25) is 0 Å². The molecule has 1 saturated heterocycles. The van der Waals surface area contributed by atoms with E-state index in [1.54, 1.807) is 12.1 Å². The Balaban J connectivity index is 1.49. The number of carbonyl (C=O) groups excluding carboxylic acids is 1. The van der Waals surface area contributed by atoms with Crippen LogP contribution in [0.5, 0.6) is 0 Å². The van der Waals surface area contributed by atoms with Crippen molar-refractivity contribution in [2.24, 2.45) is 0 Å². The van der Waals surface area contributed by atoms with Crippen LogP contribution < -0.4 is 0 Å². The maximum atomic E-state index is 13.1. The van der Waals surface area contributed by atoms with Crippen LogP contribution in [-0.4, -0.2) is 34.1 Å². The highest BCUT2D eigenvalue weighted by Gasteiger charge is 2.26. The summed E-state index contributed by atoms with van der Waals surface area (Å²) in [5.41, 5.74) is 3.58. The maximum Gasteiger partial charge on any atom is 0.253 e. The van der Waals surface area contributed by atoms with Gasteiger partial charge in [-0.25, -0.2) is 4.39 Å². The summed E-state index contributed by atoms with van der Waals surface area (Å²) in [6, 6.07) is 17.9. The molecule has 4 nitrogen and oxygen atoms in total. The van der Waals surface area contributed by atoms with Crippen LogP contribution in [0, 0.1) is 5.82 Å². The molecule has 2 aromatic carbocycles. The Morgan fingerprint density at radius 2 is 1.88 bits per heavy atom. The van der Waals surface area contributed by atoms with Crippen molar-refractivity contribution in [2.45, 2.75) is 18.8 Å². The fourth-order valence-corrected chi connectivity index (χ4v) is 3.49. The zero-order chi connectivity index (χ0) is 17.9. The first kappa shape index (κ1) is 16.5. The Labute approximate surface area is 151 Å². The number of hydrogen-bond acceptors (Lipinski definition) is 2. The number of benzene rings is 2. The lowest BCUT2D eigenvalue weighted by Crippen LogP contribution is -2.39. The Kier molecular flexibility index (Phi) is 4.52. The first-order chi connectivity index (χ1) is 12.7. The molecule has 0 spiro atoms. The normalized spacial score (nSPS) is 17.3. The SMILES string of the molecule is O=C(c1ccc(F)cc1)N1CCCC(c2cc(-c3ccccc3)n[nH]2)C1. The minimum absolute atomic E-state index is 0.0440. The van der Waals surface area contributed by atoms with E-state index >= 15 is 0 Å². The largest absolute Gasteiger partial charge is 0.338 e. The average molecular weight is 349 g/mol. The smallest absolute Gasteiger partial charge is 0.253 e. The zero-order valence-electron chi connectivity index (χ0n) is 14.4. The summed E-state index contributed by atoms with van der Waals surface area (Å²) in [7, 11) is 0. The highest BCUT2D eigenvalue weighted by molar-refractivity contribution is 5.94. The summed E-state index contributed by atoms with van der Waals surface area (Å²) in [6.07, 6.45) is 1.96. The quantitative estimate of drug-likeness (QED) is 0.769. The van der Waals surface area contributed by atoms with Crippen molar-refractivity contribution in [1.82, 2.24) is 15.1 Å². The van der Waals surface area contributed by atoms with E-state index in [0.29, 0.717) is 12.1 Å². The van der Waals surface area contributed by atoms with Gasteiger partial charge in [-0.1, -0.05) is 30.3 Å². The molecule has 2 heterocycles. The van der Waals surface area contributed by atoms with E-state index in [-0.39, 0.29) is 17.6 Å². The second-order valence-electron chi connectivity index (χ2n) is 6.67. The molecule has 1 aliphatic rings. The Morgan fingerprint density at radius 3 is 2.65 bits per heavy atom. The first-order valence-electron chi connectivity index (χ1n) is 8.86. The molecule has 0 bridgehead atoms. The van der Waals surface area contributed by atoms with Gasteiger partial charge in [0, 0.05) is 35.8 Å². The lowest BCUT2D eigenvalue weighted by atomic mass is 9.94. The van der Waals surface area contributed by atoms with Crippen LogP contribution in [0.1, 0.15) is 34.8 Å². The molecule has 0 aliphatic carbocycles. The van der Waals surface area contributed by atoms with Gasteiger partial charge in [0.15, 0.2) is 0 Å². The summed E-state index contributed by atoms with van der Waals surface area (Å²) >= 11 is 0. The van der Waals surface area contributed by atoms with Crippen LogP contribution >= 0.6 is 0 Å². The second kappa shape index (κ2) is 7.12. The molecule has 1 fully saturated rings. The molecule has 3 aromatic rings. The maximum absolute atomic E-state index is 13.1. The number of amides is 1. The molecule has 132 valence electrons. The van der Waals surface area contributed by atoms with E-state index in [1.165, 1.54) is 12.1 Å². The van der Waals surface area contributed by atoms with Gasteiger partial charge in [-0.3, -0.25) is 9.89 Å². The number of H-pyrrole nitrogens is 1. The van der Waals surface area contributed by atoms with E-state index in [4.69, 9.17) is 0 Å². The number of nitrogens with one attached hydrogen (secondary N) is 1. The standard InChI is InChI=1S/C21H20FN3O/c22-18-10-8-16(9-11-18)21(26)25-12-4-7-17(14-25)20-13-19(23-24-20)15-5-2-1-3-6-15/h1-3,5-6,8-11,13,17H,4,7,12,14H2,(H,23,24). The minimum Gasteiger partial charge on any atom is -0.338 e. The summed E-state index contributed by atoms with van der Waals surface area (Å²) in [5.74, 6) is -0.139. The molecule has 4 rings (SSSR count). The predicted octanol–water partition coefficient (Wildman–Crippen LogP) is 4.24. The number of aromatic amines is 1. The third kappa shape index (κ3) is 3.38. The molecule has 1 N–H and O–H groups in total. The lowest BCUT2D eigenvalue weighted by Gasteiger charge is -2.32. The number of rotatable bonds is 3. The van der Waals surface area contributed by atoms with E-state index in [1.807, 2.05) is 35.2 Å². The van der Waals surface area contributed by atoms with Crippen LogP contribution in [0.4, 0.5) is 4.39 Å². The Morgan fingerprint density at radius 1 is 1.12 bits per heavy atom. The van der Waals surface area contributed by atoms with Gasteiger partial charge in [-0.05, 0) is 43.2 Å². The Hall–Kier alpha value is -2.95. The first-order valence-corrected chi connectivity index (χ1v) is 8.86. The highest BCUT2D eigenvalue weighted by atomic mass is 19.1. The van der Waals surface area contributed by atoms with Crippen molar-refractivity contribution in [3.05, 3.63) is 77.7 Å². The van der Waals surface area contributed by atoms with Crippen LogP contribution in [0.3, 0.4) is 0 Å². The fraction of sp³-hybridized carbons (Fsp3) is 0.238. The second-order valence-corrected chi connectivity index (χ2v) is 6.67. The third-order valence-corrected chi connectivity index (χ3v) is 4.91. The molecular weight excluding hydrogens is 329 g/mol. The number of carbonyl (C=O) groups is 1. The molecule has 5 heteroatoms. The molecule has 26 heavy (non-hydrogen) atoms. The number of nitrogens with zero attached hydrogens (tertiary/aromatic N) is 2. The summed E-state index contributed by atoms with van der Waals surface area (Å²) in [4.78, 5) is 14.5. The molecule has 1 aliphatic heterocycles. The van der Waals surface area contributed by atoms with E-state index in [9.17, 15) is 9.18 Å². The Bertz CT molecular complexity index is 889. The van der Waals surface area contributed by atoms with Gasteiger partial charge in [-0.2, -0.15) is 5.10 Å². The molecular formula is C21H20FN3O. The summed E-state index contributed by atoms with van der Waals surface area (Å²) in [6.45, 7) is 1.37. The van der Waals surface area contributed by atoms with E-state index in [2.05, 4.69) is 16.3 Å². The van der Waals surface area contributed by atoms with E-state index < -0.39 is 0 Å². The number of aromatic nitrogens is 2. The molecule has 0 radical (unpaired) electrons. The van der Waals surface area contributed by atoms with Gasteiger partial charge >= 0.3 is 0 Å². The van der Waals surface area contributed by atoms with Crippen LogP contribution in [0.15, 0.2) is 60.7 Å². The molecule has 1 unspecified atom stereocenters. The van der Waals surface area contributed by atoms with Gasteiger partial charge in [0.05, 0.1) is 5.69 Å². The minimum atomic E-state index is -0.330. The van der Waals surface area contributed by atoms with Crippen molar-refractivity contribution < 1.29 is 9.18 Å². The van der Waals surface area contributed by atoms with Crippen molar-refractivity contribution in [3.8, 4) is 11.3 Å². The van der Waals surface area contributed by atoms with Crippen molar-refractivity contribution in [2.75, 3.05) is 13.1 Å². The van der Waals surface area contributed by atoms with Crippen LogP contribution in [0.25, 0.3) is 11.3 Å². The number of piperidine rings is 1. The fourth-order valence-electron chi connectivity index (χ4n) is 3.49. The van der Waals surface area contributed by atoms with E-state index in [0.717, 1.165) is 36.3 Å². The van der Waals surface area contributed by atoms with Crippen molar-refractivity contribution in [1.29, 1.82) is 0 Å². The van der Waals surface area contributed by atoms with Gasteiger partial charge in [-0.15, -0.1) is 0 Å². The average Bonchev–Trinajstić information content (AvgIpc) is 3.19. The van der Waals surface area contributed by atoms with Crippen LogP contribution in [-0.2, 0) is 0 Å². The number of halogens is 1. The topological polar surface area (TPSA) is 49.0 Å². The van der Waals surface area contributed by atoms with Crippen molar-refractivity contribution in [3.63, 3.8) is 0 Å². The summed E-state index contributed by atoms with van der Waals surface area (Å²) in [5, 5.41) is 7.57. The van der Waals surface area contributed by atoms with Crippen LogP contribution in [0.2, 0.25) is 0 Å². The number of likely N-dealkylation sites (tertiary alicyclic amines) is 1. The number of hydrogen-bond donors (Lipinski definition) is 1. The third-order valence-electron chi connectivity index (χ3n) is 4.91. The van der Waals surface area contributed by atoms with Gasteiger partial charge in [0.25, 0.3) is 5.91 Å². The van der Waals surface area contributed by atoms with Crippen molar-refractivity contribution >= 4 is 5.91 Å². The van der Waals surface area contributed by atoms with Gasteiger partial charge in [0.1, 0.15) is 5.82 Å². The summed E-state index contributed by atoms with van der Waals surface area (Å²) < 4.78 is 13.1. The zero-order valence-corrected chi connectivity index (χ0v) is 14.4. The predicted molar refractivity (Wildman–Crippen MR) is 98.3 cm³/mol. The monoisotopic (exact) mass is 349 g/mol.